The van der Waals surface area contributed by atoms with E-state index >= 15 is 0 Å². The highest BCUT2D eigenvalue weighted by atomic mass is 32.2. The molecule has 0 atom stereocenters. The number of aliphatic carboxylic acids is 1. The molecule has 0 aliphatic carbocycles. The first-order chi connectivity index (χ1) is 6.11. The number of rotatable bonds is 3. The minimum Gasteiger partial charge on any atom is -0.481 e. The van der Waals surface area contributed by atoms with Crippen LogP contribution in [0, 0.1) is 0 Å². The molecular formula is C9H11NO2S. The van der Waals surface area contributed by atoms with Crippen LogP contribution in [-0.4, -0.2) is 17.3 Å². The van der Waals surface area contributed by atoms with Crippen molar-refractivity contribution in [3.05, 3.63) is 23.8 Å². The maximum atomic E-state index is 10.4. The Kier molecular flexibility index (Phi) is 3.19. The molecule has 1 aromatic rings. The van der Waals surface area contributed by atoms with Crippen molar-refractivity contribution in [1.82, 2.24) is 0 Å². The number of nitrogens with two attached hydrogens (primary N) is 1. The van der Waals surface area contributed by atoms with Crippen molar-refractivity contribution in [2.75, 3.05) is 12.0 Å². The van der Waals surface area contributed by atoms with Crippen LogP contribution in [0.2, 0.25) is 0 Å². The fourth-order valence-corrected chi connectivity index (χ4v) is 1.60. The first-order valence-electron chi connectivity index (χ1n) is 3.77. The second kappa shape index (κ2) is 4.18. The molecule has 0 saturated heterocycles. The number of nitrogen functional groups attached to an aromatic ring is 1. The van der Waals surface area contributed by atoms with Gasteiger partial charge in [-0.2, -0.15) is 0 Å². The molecule has 0 amide bonds. The van der Waals surface area contributed by atoms with E-state index in [0.29, 0.717) is 5.69 Å². The van der Waals surface area contributed by atoms with Gasteiger partial charge in [-0.25, -0.2) is 0 Å². The van der Waals surface area contributed by atoms with Gasteiger partial charge in [0.05, 0.1) is 6.42 Å². The molecule has 0 aliphatic rings. The van der Waals surface area contributed by atoms with Crippen LogP contribution in [0.4, 0.5) is 5.69 Å². The normalized spacial score (nSPS) is 9.92. The third-order valence-electron chi connectivity index (χ3n) is 1.58. The molecule has 0 saturated carbocycles. The van der Waals surface area contributed by atoms with Gasteiger partial charge in [-0.1, -0.05) is 0 Å². The lowest BCUT2D eigenvalue weighted by Crippen LogP contribution is -2.00. The zero-order valence-corrected chi connectivity index (χ0v) is 8.10. The molecule has 0 unspecified atom stereocenters. The summed E-state index contributed by atoms with van der Waals surface area (Å²) in [7, 11) is 0. The van der Waals surface area contributed by atoms with Crippen LogP contribution in [0.1, 0.15) is 5.56 Å². The summed E-state index contributed by atoms with van der Waals surface area (Å²) in [6.07, 6.45) is 1.96. The molecule has 0 heterocycles. The lowest BCUT2D eigenvalue weighted by atomic mass is 10.1. The number of carboxylic acids is 1. The number of anilines is 1. The third-order valence-corrected chi connectivity index (χ3v) is 2.29. The number of benzene rings is 1. The minimum absolute atomic E-state index is 0.0264. The van der Waals surface area contributed by atoms with Crippen LogP contribution < -0.4 is 5.73 Å². The average Bonchev–Trinajstić information content (AvgIpc) is 2.01. The standard InChI is InChI=1S/C9H11NO2S/c1-13-8-3-6(4-9(11)12)2-7(10)5-8/h2-3,5H,4,10H2,1H3,(H,11,12). The lowest BCUT2D eigenvalue weighted by molar-refractivity contribution is -0.136. The summed E-state index contributed by atoms with van der Waals surface area (Å²) in [5.74, 6) is -0.836. The number of hydrogen-bond acceptors (Lipinski definition) is 3. The summed E-state index contributed by atoms with van der Waals surface area (Å²) in [5.41, 5.74) is 6.97. The first kappa shape index (κ1) is 9.92. The molecule has 1 rings (SSSR count). The van der Waals surface area contributed by atoms with Crippen LogP contribution in [0.15, 0.2) is 23.1 Å². The van der Waals surface area contributed by atoms with Crippen molar-refractivity contribution in [1.29, 1.82) is 0 Å². The van der Waals surface area contributed by atoms with Crippen molar-refractivity contribution >= 4 is 23.4 Å². The molecule has 0 aliphatic heterocycles. The zero-order valence-electron chi connectivity index (χ0n) is 7.28. The molecule has 0 fully saturated rings. The highest BCUT2D eigenvalue weighted by Crippen LogP contribution is 2.20. The average molecular weight is 197 g/mol. The van der Waals surface area contributed by atoms with Crippen LogP contribution in [0.5, 0.6) is 0 Å². The van der Waals surface area contributed by atoms with Crippen molar-refractivity contribution in [3.8, 4) is 0 Å². The number of carbonyl (C=O) groups is 1. The Bertz CT molecular complexity index is 325. The summed E-state index contributed by atoms with van der Waals surface area (Å²) in [6, 6.07) is 5.36. The second-order valence-corrected chi connectivity index (χ2v) is 3.56. The maximum Gasteiger partial charge on any atom is 0.307 e. The van der Waals surface area contributed by atoms with Crippen LogP contribution in [0.3, 0.4) is 0 Å². The van der Waals surface area contributed by atoms with Gasteiger partial charge in [0, 0.05) is 10.6 Å². The van der Waals surface area contributed by atoms with Gasteiger partial charge in [0.2, 0.25) is 0 Å². The molecule has 13 heavy (non-hydrogen) atoms. The van der Waals surface area contributed by atoms with Crippen LogP contribution in [0.25, 0.3) is 0 Å². The molecule has 0 radical (unpaired) electrons. The molecular weight excluding hydrogens is 186 g/mol. The predicted molar refractivity (Wildman–Crippen MR) is 54.0 cm³/mol. The van der Waals surface area contributed by atoms with E-state index in [0.717, 1.165) is 10.5 Å². The van der Waals surface area contributed by atoms with Crippen molar-refractivity contribution in [2.24, 2.45) is 0 Å². The first-order valence-corrected chi connectivity index (χ1v) is 4.99. The van der Waals surface area contributed by atoms with E-state index in [1.807, 2.05) is 18.4 Å². The van der Waals surface area contributed by atoms with E-state index in [9.17, 15) is 4.79 Å². The van der Waals surface area contributed by atoms with Gasteiger partial charge in [-0.3, -0.25) is 4.79 Å². The Morgan fingerprint density at radius 1 is 1.54 bits per heavy atom. The van der Waals surface area contributed by atoms with Crippen LogP contribution >= 0.6 is 11.8 Å². The maximum absolute atomic E-state index is 10.4. The van der Waals surface area contributed by atoms with Crippen molar-refractivity contribution in [3.63, 3.8) is 0 Å². The van der Waals surface area contributed by atoms with Gasteiger partial charge < -0.3 is 10.8 Å². The van der Waals surface area contributed by atoms with E-state index in [1.165, 1.54) is 0 Å². The van der Waals surface area contributed by atoms with Gasteiger partial charge >= 0.3 is 5.97 Å². The van der Waals surface area contributed by atoms with Crippen molar-refractivity contribution in [2.45, 2.75) is 11.3 Å². The van der Waals surface area contributed by atoms with E-state index < -0.39 is 5.97 Å². The van der Waals surface area contributed by atoms with Crippen molar-refractivity contribution < 1.29 is 9.90 Å². The monoisotopic (exact) mass is 197 g/mol. The van der Waals surface area contributed by atoms with Gasteiger partial charge in [-0.05, 0) is 30.0 Å². The van der Waals surface area contributed by atoms with E-state index in [-0.39, 0.29) is 6.42 Å². The second-order valence-electron chi connectivity index (χ2n) is 2.68. The molecule has 0 aromatic heterocycles. The van der Waals surface area contributed by atoms with E-state index in [4.69, 9.17) is 10.8 Å². The van der Waals surface area contributed by atoms with E-state index in [1.54, 1.807) is 17.8 Å². The quantitative estimate of drug-likeness (QED) is 0.571. The zero-order chi connectivity index (χ0) is 9.84. The Balaban J connectivity index is 2.94. The molecule has 3 N–H and O–H groups in total. The molecule has 70 valence electrons. The Morgan fingerprint density at radius 2 is 2.23 bits per heavy atom. The Labute approximate surface area is 80.9 Å². The summed E-state index contributed by atoms with van der Waals surface area (Å²) in [4.78, 5) is 11.4. The van der Waals surface area contributed by atoms with E-state index in [2.05, 4.69) is 0 Å². The Hall–Kier alpha value is -1.16. The molecule has 4 heteroatoms. The predicted octanol–water partition coefficient (Wildman–Crippen LogP) is 1.62. The minimum atomic E-state index is -0.836. The number of hydrogen-bond donors (Lipinski definition) is 2. The van der Waals surface area contributed by atoms with Crippen LogP contribution in [-0.2, 0) is 11.2 Å². The summed E-state index contributed by atoms with van der Waals surface area (Å²) < 4.78 is 0. The summed E-state index contributed by atoms with van der Waals surface area (Å²) >= 11 is 1.55. The summed E-state index contributed by atoms with van der Waals surface area (Å²) in [5, 5.41) is 8.57. The summed E-state index contributed by atoms with van der Waals surface area (Å²) in [6.45, 7) is 0. The molecule has 1 aromatic carbocycles. The highest BCUT2D eigenvalue weighted by Gasteiger charge is 2.02. The van der Waals surface area contributed by atoms with Gasteiger partial charge in [0.25, 0.3) is 0 Å². The van der Waals surface area contributed by atoms with Gasteiger partial charge in [0.15, 0.2) is 0 Å². The SMILES string of the molecule is CSc1cc(N)cc(CC(=O)O)c1. The number of carboxylic acid groups (broad SMARTS) is 1. The lowest BCUT2D eigenvalue weighted by Gasteiger charge is -2.02. The van der Waals surface area contributed by atoms with Gasteiger partial charge in [0.1, 0.15) is 0 Å². The topological polar surface area (TPSA) is 63.3 Å². The largest absolute Gasteiger partial charge is 0.481 e. The van der Waals surface area contributed by atoms with Gasteiger partial charge in [-0.15, -0.1) is 11.8 Å². The number of thioether (sulfide) groups is 1. The smallest absolute Gasteiger partial charge is 0.307 e. The third kappa shape index (κ3) is 2.99. The fourth-order valence-electron chi connectivity index (χ4n) is 1.08. The molecule has 0 spiro atoms. The molecule has 3 nitrogen and oxygen atoms in total. The Morgan fingerprint density at radius 3 is 2.77 bits per heavy atom. The fraction of sp³-hybridized carbons (Fsp3) is 0.222. The molecule has 0 bridgehead atoms. The highest BCUT2D eigenvalue weighted by molar-refractivity contribution is 7.98.